The van der Waals surface area contributed by atoms with Crippen LogP contribution in [-0.2, 0) is 4.79 Å². The van der Waals surface area contributed by atoms with E-state index in [1.165, 1.54) is 13.2 Å². The molecule has 0 saturated carbocycles. The topological polar surface area (TPSA) is 79.9 Å². The molecule has 23 heavy (non-hydrogen) atoms. The normalized spacial score (nSPS) is 11.2. The summed E-state index contributed by atoms with van der Waals surface area (Å²) in [7, 11) is 1.52. The van der Waals surface area contributed by atoms with Gasteiger partial charge >= 0.3 is 5.97 Å². The second-order valence-electron chi connectivity index (χ2n) is 4.97. The van der Waals surface area contributed by atoms with Crippen molar-refractivity contribution in [1.82, 2.24) is 0 Å². The molecule has 0 aliphatic heterocycles. The van der Waals surface area contributed by atoms with Gasteiger partial charge in [0.05, 0.1) is 7.11 Å². The second kappa shape index (κ2) is 5.88. The third-order valence-electron chi connectivity index (χ3n) is 3.37. The summed E-state index contributed by atoms with van der Waals surface area (Å²) in [5.41, 5.74) is 2.00. The van der Waals surface area contributed by atoms with Crippen molar-refractivity contribution in [1.29, 1.82) is 0 Å². The van der Waals surface area contributed by atoms with Crippen LogP contribution in [0.3, 0.4) is 0 Å². The Labute approximate surface area is 132 Å². The van der Waals surface area contributed by atoms with Gasteiger partial charge in [-0.2, -0.15) is 0 Å². The zero-order chi connectivity index (χ0) is 16.4. The van der Waals surface area contributed by atoms with Gasteiger partial charge in [-0.15, -0.1) is 0 Å². The van der Waals surface area contributed by atoms with E-state index in [2.05, 4.69) is 0 Å². The molecular formula is C18H14O5. The summed E-state index contributed by atoms with van der Waals surface area (Å²) in [6.45, 7) is 0. The summed E-state index contributed by atoms with van der Waals surface area (Å²) in [6, 6.07) is 12.1. The molecule has 0 saturated heterocycles. The van der Waals surface area contributed by atoms with E-state index < -0.39 is 5.97 Å². The fourth-order valence-corrected chi connectivity index (χ4v) is 2.36. The van der Waals surface area contributed by atoms with E-state index in [4.69, 9.17) is 14.3 Å². The summed E-state index contributed by atoms with van der Waals surface area (Å²) in [5.74, 6) is 0.240. The van der Waals surface area contributed by atoms with Crippen molar-refractivity contribution in [3.05, 3.63) is 54.1 Å². The number of furan rings is 1. The molecular weight excluding hydrogens is 296 g/mol. The van der Waals surface area contributed by atoms with Crippen LogP contribution >= 0.6 is 0 Å². The molecule has 1 heterocycles. The highest BCUT2D eigenvalue weighted by Gasteiger charge is 2.12. The van der Waals surface area contributed by atoms with E-state index in [9.17, 15) is 9.90 Å². The van der Waals surface area contributed by atoms with Crippen molar-refractivity contribution in [2.24, 2.45) is 0 Å². The highest BCUT2D eigenvalue weighted by atomic mass is 16.5. The Kier molecular flexibility index (Phi) is 3.76. The molecule has 3 rings (SSSR count). The molecule has 0 aliphatic rings. The molecule has 2 N–H and O–H groups in total. The first kappa shape index (κ1) is 14.7. The van der Waals surface area contributed by atoms with Gasteiger partial charge < -0.3 is 19.4 Å². The van der Waals surface area contributed by atoms with Gasteiger partial charge in [-0.25, -0.2) is 4.79 Å². The second-order valence-corrected chi connectivity index (χ2v) is 4.97. The third kappa shape index (κ3) is 3.03. The Bertz CT molecular complexity index is 905. The fraction of sp³-hybridized carbons (Fsp3) is 0.0556. The number of phenolic OH excluding ortho intramolecular Hbond substituents is 1. The highest BCUT2D eigenvalue weighted by Crippen LogP contribution is 2.35. The van der Waals surface area contributed by atoms with Gasteiger partial charge in [0.2, 0.25) is 0 Å². The first-order chi connectivity index (χ1) is 11.1. The van der Waals surface area contributed by atoms with E-state index in [-0.39, 0.29) is 5.75 Å². The van der Waals surface area contributed by atoms with Gasteiger partial charge in [0.25, 0.3) is 0 Å². The zero-order valence-electron chi connectivity index (χ0n) is 12.3. The highest BCUT2D eigenvalue weighted by molar-refractivity contribution is 5.91. The number of hydrogen-bond donors (Lipinski definition) is 2. The first-order valence-corrected chi connectivity index (χ1v) is 6.89. The SMILES string of the molecule is COc1cc(/C=C/C(=O)O)cc2cc(-c3cccc(O)c3)oc12. The smallest absolute Gasteiger partial charge is 0.328 e. The minimum absolute atomic E-state index is 0.153. The zero-order valence-corrected chi connectivity index (χ0v) is 12.3. The molecule has 0 unspecified atom stereocenters. The van der Waals surface area contributed by atoms with Crippen molar-refractivity contribution >= 4 is 23.0 Å². The van der Waals surface area contributed by atoms with E-state index in [1.54, 1.807) is 24.3 Å². The van der Waals surface area contributed by atoms with Crippen LogP contribution in [0, 0.1) is 0 Å². The van der Waals surface area contributed by atoms with Crippen LogP contribution in [0.2, 0.25) is 0 Å². The lowest BCUT2D eigenvalue weighted by atomic mass is 10.1. The van der Waals surface area contributed by atoms with Crippen LogP contribution < -0.4 is 4.74 Å². The van der Waals surface area contributed by atoms with E-state index in [1.807, 2.05) is 18.2 Å². The number of phenols is 1. The van der Waals surface area contributed by atoms with Gasteiger partial charge in [-0.3, -0.25) is 0 Å². The Morgan fingerprint density at radius 1 is 1.22 bits per heavy atom. The molecule has 5 heteroatoms. The van der Waals surface area contributed by atoms with Crippen LogP contribution in [0.25, 0.3) is 28.4 Å². The minimum Gasteiger partial charge on any atom is -0.508 e. The summed E-state index contributed by atoms with van der Waals surface area (Å²) in [4.78, 5) is 10.7. The number of methoxy groups -OCH3 is 1. The van der Waals surface area contributed by atoms with Crippen molar-refractivity contribution in [2.75, 3.05) is 7.11 Å². The number of aliphatic carboxylic acids is 1. The number of carbonyl (C=O) groups is 1. The van der Waals surface area contributed by atoms with Gasteiger partial charge in [0.15, 0.2) is 11.3 Å². The predicted molar refractivity (Wildman–Crippen MR) is 86.5 cm³/mol. The Balaban J connectivity index is 2.13. The van der Waals surface area contributed by atoms with E-state index in [0.29, 0.717) is 22.7 Å². The first-order valence-electron chi connectivity index (χ1n) is 6.89. The average molecular weight is 310 g/mol. The maximum absolute atomic E-state index is 10.7. The van der Waals surface area contributed by atoms with Gasteiger partial charge in [0, 0.05) is 17.0 Å². The number of aromatic hydroxyl groups is 1. The molecule has 0 bridgehead atoms. The third-order valence-corrected chi connectivity index (χ3v) is 3.37. The van der Waals surface area contributed by atoms with Crippen molar-refractivity contribution in [3.63, 3.8) is 0 Å². The Morgan fingerprint density at radius 3 is 2.74 bits per heavy atom. The van der Waals surface area contributed by atoms with Crippen molar-refractivity contribution < 1.29 is 24.2 Å². The maximum atomic E-state index is 10.7. The minimum atomic E-state index is -1.02. The summed E-state index contributed by atoms with van der Waals surface area (Å²) in [6.07, 6.45) is 2.56. The van der Waals surface area contributed by atoms with Crippen LogP contribution in [0.1, 0.15) is 5.56 Å². The van der Waals surface area contributed by atoms with Crippen molar-refractivity contribution in [2.45, 2.75) is 0 Å². The van der Waals surface area contributed by atoms with Gasteiger partial charge in [0.1, 0.15) is 11.5 Å². The average Bonchev–Trinajstić information content (AvgIpc) is 2.96. The molecule has 1 aromatic heterocycles. The lowest BCUT2D eigenvalue weighted by molar-refractivity contribution is -0.131. The molecule has 3 aromatic rings. The molecule has 0 fully saturated rings. The molecule has 0 atom stereocenters. The van der Waals surface area contributed by atoms with Gasteiger partial charge in [-0.05, 0) is 42.0 Å². The van der Waals surface area contributed by atoms with Crippen LogP contribution in [0.4, 0.5) is 0 Å². The van der Waals surface area contributed by atoms with Crippen LogP contribution in [-0.4, -0.2) is 23.3 Å². The number of hydrogen-bond acceptors (Lipinski definition) is 4. The molecule has 0 spiro atoms. The largest absolute Gasteiger partial charge is 0.508 e. The number of rotatable bonds is 4. The maximum Gasteiger partial charge on any atom is 0.328 e. The Morgan fingerprint density at radius 2 is 2.04 bits per heavy atom. The summed E-state index contributed by atoms with van der Waals surface area (Å²) < 4.78 is 11.2. The fourth-order valence-electron chi connectivity index (χ4n) is 2.36. The van der Waals surface area contributed by atoms with Gasteiger partial charge in [-0.1, -0.05) is 12.1 Å². The monoisotopic (exact) mass is 310 g/mol. The number of carboxylic acid groups (broad SMARTS) is 1. The number of ether oxygens (including phenoxy) is 1. The molecule has 0 amide bonds. The molecule has 0 radical (unpaired) electrons. The molecule has 116 valence electrons. The standard InChI is InChI=1S/C18H14O5/c1-22-16-8-11(5-6-17(20)21)7-13-10-15(23-18(13)16)12-3-2-4-14(19)9-12/h2-10,19H,1H3,(H,20,21)/b6-5+. The quantitative estimate of drug-likeness (QED) is 0.714. The van der Waals surface area contributed by atoms with Crippen LogP contribution in [0.15, 0.2) is 53.0 Å². The molecule has 2 aromatic carbocycles. The van der Waals surface area contributed by atoms with E-state index in [0.717, 1.165) is 17.0 Å². The summed E-state index contributed by atoms with van der Waals surface area (Å²) in [5, 5.41) is 19.1. The van der Waals surface area contributed by atoms with Crippen LogP contribution in [0.5, 0.6) is 11.5 Å². The molecule has 5 nitrogen and oxygen atoms in total. The molecule has 0 aliphatic carbocycles. The Hall–Kier alpha value is -3.21. The lowest BCUT2D eigenvalue weighted by Gasteiger charge is -2.02. The lowest BCUT2D eigenvalue weighted by Crippen LogP contribution is -1.87. The number of benzene rings is 2. The van der Waals surface area contributed by atoms with Crippen molar-refractivity contribution in [3.8, 4) is 22.8 Å². The predicted octanol–water partition coefficient (Wildman–Crippen LogP) is 3.91. The summed E-state index contributed by atoms with van der Waals surface area (Å²) >= 11 is 0. The number of fused-ring (bicyclic) bond motifs is 1. The van der Waals surface area contributed by atoms with E-state index >= 15 is 0 Å². The number of carboxylic acids is 1.